The van der Waals surface area contributed by atoms with Gasteiger partial charge >= 0.3 is 0 Å². The van der Waals surface area contributed by atoms with Gasteiger partial charge in [-0.15, -0.1) is 0 Å². The van der Waals surface area contributed by atoms with Crippen LogP contribution in [-0.2, 0) is 14.3 Å². The molecule has 2 saturated heterocycles. The minimum Gasteiger partial charge on any atom is -0.492 e. The summed E-state index contributed by atoms with van der Waals surface area (Å²) < 4.78 is 17.4. The first kappa shape index (κ1) is 22.5. The molecule has 1 aromatic rings. The van der Waals surface area contributed by atoms with Gasteiger partial charge < -0.3 is 19.5 Å². The van der Waals surface area contributed by atoms with E-state index < -0.39 is 0 Å². The number of carbonyl (C=O) groups is 1. The topological polar surface area (TPSA) is 72.1 Å². The Bertz CT molecular complexity index is 757. The van der Waals surface area contributed by atoms with Crippen molar-refractivity contribution in [2.24, 2.45) is 5.92 Å². The van der Waals surface area contributed by atoms with Gasteiger partial charge in [0.15, 0.2) is 0 Å². The standard InChI is InChI=1S/C24H37N3O4/c1-15-11-17(12-16(2)22(15)31-10-9-27-7-5-6-8-27)23-25-19-13-18(29-3)14-20(30-4)21(19)24(28)26-23/h11-12,18-21,23,25H,5-10,13-14H2,1-4H3,(H,26,28). The molecule has 4 rings (SSSR count). The van der Waals surface area contributed by atoms with Gasteiger partial charge in [0.2, 0.25) is 5.91 Å². The van der Waals surface area contributed by atoms with Crippen molar-refractivity contribution in [2.45, 2.75) is 63.9 Å². The minimum absolute atomic E-state index is 0.0272. The third-order valence-corrected chi connectivity index (χ3v) is 7.12. The zero-order valence-corrected chi connectivity index (χ0v) is 19.3. The number of aryl methyl sites for hydroxylation is 2. The van der Waals surface area contributed by atoms with Crippen molar-refractivity contribution >= 4 is 5.91 Å². The van der Waals surface area contributed by atoms with Gasteiger partial charge in [-0.05, 0) is 75.0 Å². The Labute approximate surface area is 185 Å². The van der Waals surface area contributed by atoms with E-state index in [9.17, 15) is 4.79 Å². The van der Waals surface area contributed by atoms with Crippen LogP contribution in [0.5, 0.6) is 5.75 Å². The molecule has 0 bridgehead atoms. The fraction of sp³-hybridized carbons (Fsp3) is 0.708. The lowest BCUT2D eigenvalue weighted by atomic mass is 9.78. The highest BCUT2D eigenvalue weighted by Crippen LogP contribution is 2.35. The van der Waals surface area contributed by atoms with Gasteiger partial charge in [0, 0.05) is 33.2 Å². The van der Waals surface area contributed by atoms with E-state index in [4.69, 9.17) is 14.2 Å². The Kier molecular flexibility index (Phi) is 7.16. The van der Waals surface area contributed by atoms with E-state index in [1.54, 1.807) is 14.2 Å². The van der Waals surface area contributed by atoms with Crippen LogP contribution in [0, 0.1) is 19.8 Å². The van der Waals surface area contributed by atoms with E-state index in [0.29, 0.717) is 6.61 Å². The molecule has 5 unspecified atom stereocenters. The Morgan fingerprint density at radius 3 is 2.42 bits per heavy atom. The third kappa shape index (κ3) is 4.90. The van der Waals surface area contributed by atoms with Gasteiger partial charge in [0.05, 0.1) is 18.1 Å². The summed E-state index contributed by atoms with van der Waals surface area (Å²) in [4.78, 5) is 15.4. The number of hydrogen-bond acceptors (Lipinski definition) is 6. The lowest BCUT2D eigenvalue weighted by Crippen LogP contribution is -2.63. The van der Waals surface area contributed by atoms with Gasteiger partial charge in [-0.1, -0.05) is 0 Å². The Morgan fingerprint density at radius 2 is 1.77 bits per heavy atom. The molecule has 1 amide bonds. The van der Waals surface area contributed by atoms with Crippen LogP contribution in [0.15, 0.2) is 12.1 Å². The van der Waals surface area contributed by atoms with E-state index in [1.807, 2.05) is 0 Å². The molecule has 31 heavy (non-hydrogen) atoms. The van der Waals surface area contributed by atoms with Gasteiger partial charge in [0.25, 0.3) is 0 Å². The highest BCUT2D eigenvalue weighted by molar-refractivity contribution is 5.81. The molecule has 172 valence electrons. The van der Waals surface area contributed by atoms with Crippen molar-refractivity contribution in [2.75, 3.05) is 40.5 Å². The van der Waals surface area contributed by atoms with E-state index >= 15 is 0 Å². The first-order valence-corrected chi connectivity index (χ1v) is 11.6. The maximum Gasteiger partial charge on any atom is 0.228 e. The largest absolute Gasteiger partial charge is 0.492 e. The van der Waals surface area contributed by atoms with Crippen LogP contribution in [0.25, 0.3) is 0 Å². The SMILES string of the molecule is COC1CC2NC(c3cc(C)c(OCCN4CCCC4)c(C)c3)NC(=O)C2C(OC)C1. The second-order valence-electron chi connectivity index (χ2n) is 9.22. The molecular weight excluding hydrogens is 394 g/mol. The van der Waals surface area contributed by atoms with Crippen LogP contribution in [0.4, 0.5) is 0 Å². The summed E-state index contributed by atoms with van der Waals surface area (Å²) in [5, 5.41) is 6.81. The average Bonchev–Trinajstić information content (AvgIpc) is 3.27. The van der Waals surface area contributed by atoms with Crippen LogP contribution in [-0.4, -0.2) is 69.5 Å². The molecule has 2 heterocycles. The minimum atomic E-state index is -0.224. The van der Waals surface area contributed by atoms with Crippen molar-refractivity contribution in [3.05, 3.63) is 28.8 Å². The number of benzene rings is 1. The number of nitrogens with zero attached hydrogens (tertiary/aromatic N) is 1. The van der Waals surface area contributed by atoms with E-state index in [1.165, 1.54) is 25.9 Å². The van der Waals surface area contributed by atoms with Crippen LogP contribution in [0.1, 0.15) is 48.5 Å². The van der Waals surface area contributed by atoms with Gasteiger partial charge in [-0.2, -0.15) is 0 Å². The summed E-state index contributed by atoms with van der Waals surface area (Å²) in [6.07, 6.45) is 3.89. The molecule has 2 aliphatic heterocycles. The molecule has 7 nitrogen and oxygen atoms in total. The second kappa shape index (κ2) is 9.86. The van der Waals surface area contributed by atoms with Crippen molar-refractivity contribution in [3.63, 3.8) is 0 Å². The van der Waals surface area contributed by atoms with E-state index in [2.05, 4.69) is 41.5 Å². The highest BCUT2D eigenvalue weighted by Gasteiger charge is 2.46. The van der Waals surface area contributed by atoms with E-state index in [0.717, 1.165) is 41.8 Å². The Morgan fingerprint density at radius 1 is 1.06 bits per heavy atom. The summed E-state index contributed by atoms with van der Waals surface area (Å²) in [5.41, 5.74) is 3.26. The normalized spacial score (nSPS) is 31.4. The van der Waals surface area contributed by atoms with Crippen molar-refractivity contribution < 1.29 is 19.0 Å². The summed E-state index contributed by atoms with van der Waals surface area (Å²) in [7, 11) is 3.40. The maximum absolute atomic E-state index is 13.0. The molecule has 1 aliphatic carbocycles. The first-order chi connectivity index (χ1) is 15.0. The zero-order valence-electron chi connectivity index (χ0n) is 19.3. The summed E-state index contributed by atoms with van der Waals surface area (Å²) in [5.74, 6) is 0.818. The van der Waals surface area contributed by atoms with Crippen LogP contribution in [0.3, 0.4) is 0 Å². The Hall–Kier alpha value is -1.67. The molecule has 7 heteroatoms. The molecule has 1 saturated carbocycles. The number of ether oxygens (including phenoxy) is 3. The predicted molar refractivity (Wildman–Crippen MR) is 119 cm³/mol. The van der Waals surface area contributed by atoms with Crippen molar-refractivity contribution in [1.29, 1.82) is 0 Å². The molecule has 2 N–H and O–H groups in total. The molecule has 3 fully saturated rings. The highest BCUT2D eigenvalue weighted by atomic mass is 16.5. The van der Waals surface area contributed by atoms with Crippen LogP contribution in [0.2, 0.25) is 0 Å². The molecule has 0 aromatic heterocycles. The average molecular weight is 432 g/mol. The monoisotopic (exact) mass is 431 g/mol. The number of nitrogens with one attached hydrogen (secondary N) is 2. The van der Waals surface area contributed by atoms with Crippen molar-refractivity contribution in [1.82, 2.24) is 15.5 Å². The molecule has 0 spiro atoms. The zero-order chi connectivity index (χ0) is 22.0. The first-order valence-electron chi connectivity index (χ1n) is 11.6. The smallest absolute Gasteiger partial charge is 0.228 e. The summed E-state index contributed by atoms with van der Waals surface area (Å²) in [6, 6.07) is 4.28. The number of fused-ring (bicyclic) bond motifs is 1. The summed E-state index contributed by atoms with van der Waals surface area (Å²) in [6.45, 7) is 8.22. The molecule has 1 aromatic carbocycles. The number of likely N-dealkylation sites (tertiary alicyclic amines) is 1. The maximum atomic E-state index is 13.0. The van der Waals surface area contributed by atoms with E-state index in [-0.39, 0.29) is 36.2 Å². The lowest BCUT2D eigenvalue weighted by Gasteiger charge is -2.45. The second-order valence-corrected chi connectivity index (χ2v) is 9.22. The number of methoxy groups -OCH3 is 2. The lowest BCUT2D eigenvalue weighted by molar-refractivity contribution is -0.142. The van der Waals surface area contributed by atoms with Crippen LogP contribution >= 0.6 is 0 Å². The van der Waals surface area contributed by atoms with Gasteiger partial charge in [0.1, 0.15) is 18.5 Å². The summed E-state index contributed by atoms with van der Waals surface area (Å²) >= 11 is 0. The molecule has 3 aliphatic rings. The number of amides is 1. The fourth-order valence-corrected chi connectivity index (χ4v) is 5.48. The molecule has 0 radical (unpaired) electrons. The van der Waals surface area contributed by atoms with Crippen LogP contribution < -0.4 is 15.4 Å². The number of rotatable bonds is 7. The fourth-order valence-electron chi connectivity index (χ4n) is 5.48. The number of carbonyl (C=O) groups excluding carboxylic acids is 1. The molecule has 5 atom stereocenters. The third-order valence-electron chi connectivity index (χ3n) is 7.12. The Balaban J connectivity index is 1.44. The predicted octanol–water partition coefficient (Wildman–Crippen LogP) is 2.30. The van der Waals surface area contributed by atoms with Gasteiger partial charge in [-0.25, -0.2) is 0 Å². The quantitative estimate of drug-likeness (QED) is 0.690. The van der Waals surface area contributed by atoms with Gasteiger partial charge in [-0.3, -0.25) is 15.0 Å². The number of hydrogen-bond donors (Lipinski definition) is 2. The molecular formula is C24H37N3O4. The van der Waals surface area contributed by atoms with Crippen molar-refractivity contribution in [3.8, 4) is 5.75 Å².